The van der Waals surface area contributed by atoms with Gasteiger partial charge in [0, 0.05) is 24.6 Å². The molecule has 0 atom stereocenters. The molecule has 0 spiro atoms. The normalized spacial score (nSPS) is 10.5. The Hall–Kier alpha value is -3.22. The van der Waals surface area contributed by atoms with Crippen LogP contribution in [0, 0.1) is 6.92 Å². The summed E-state index contributed by atoms with van der Waals surface area (Å²) in [5, 5.41) is 6.68. The number of ether oxygens (including phenoxy) is 1. The number of nitrogens with zero attached hydrogens (tertiary/aromatic N) is 3. The number of benzene rings is 1. The van der Waals surface area contributed by atoms with Gasteiger partial charge in [0.2, 0.25) is 17.6 Å². The molecule has 1 aromatic carbocycles. The van der Waals surface area contributed by atoms with Crippen molar-refractivity contribution in [1.82, 2.24) is 15.1 Å². The molecule has 0 bridgehead atoms. The zero-order valence-corrected chi connectivity index (χ0v) is 14.0. The second kappa shape index (κ2) is 7.57. The smallest absolute Gasteiger partial charge is 0.227 e. The predicted molar refractivity (Wildman–Crippen MR) is 92.2 cm³/mol. The summed E-state index contributed by atoms with van der Waals surface area (Å²) in [7, 11) is 1.61. The number of aryl methyl sites for hydroxylation is 2. The number of rotatable bonds is 6. The fourth-order valence-electron chi connectivity index (χ4n) is 2.18. The maximum absolute atomic E-state index is 12.0. The summed E-state index contributed by atoms with van der Waals surface area (Å²) in [6.45, 7) is 1.94. The Labute approximate surface area is 145 Å². The van der Waals surface area contributed by atoms with E-state index >= 15 is 0 Å². The molecule has 2 aromatic heterocycles. The van der Waals surface area contributed by atoms with Crippen LogP contribution in [0.2, 0.25) is 0 Å². The third-order valence-electron chi connectivity index (χ3n) is 3.56. The van der Waals surface area contributed by atoms with Crippen molar-refractivity contribution in [1.29, 1.82) is 0 Å². The van der Waals surface area contributed by atoms with E-state index in [0.29, 0.717) is 24.0 Å². The minimum Gasteiger partial charge on any atom is -0.497 e. The maximum Gasteiger partial charge on any atom is 0.227 e. The lowest BCUT2D eigenvalue weighted by Gasteiger charge is -2.03. The molecule has 7 nitrogen and oxygen atoms in total. The van der Waals surface area contributed by atoms with E-state index in [9.17, 15) is 4.79 Å². The standard InChI is InChI=1S/C18H18N4O3/c1-12-3-8-15(19-11-12)20-16(23)9-10-17-21-18(22-25-17)13-4-6-14(24-2)7-5-13/h3-8,11H,9-10H2,1-2H3,(H,19,20,23). The van der Waals surface area contributed by atoms with Gasteiger partial charge in [0.05, 0.1) is 7.11 Å². The van der Waals surface area contributed by atoms with E-state index in [1.807, 2.05) is 37.3 Å². The average molecular weight is 338 g/mol. The van der Waals surface area contributed by atoms with Gasteiger partial charge in [-0.1, -0.05) is 11.2 Å². The fraction of sp³-hybridized carbons (Fsp3) is 0.222. The topological polar surface area (TPSA) is 90.1 Å². The Morgan fingerprint density at radius 2 is 2.00 bits per heavy atom. The van der Waals surface area contributed by atoms with Crippen molar-refractivity contribution in [3.8, 4) is 17.1 Å². The summed E-state index contributed by atoms with van der Waals surface area (Å²) in [4.78, 5) is 20.4. The molecule has 0 aliphatic rings. The molecule has 25 heavy (non-hydrogen) atoms. The molecule has 1 amide bonds. The van der Waals surface area contributed by atoms with Crippen molar-refractivity contribution < 1.29 is 14.1 Å². The zero-order valence-electron chi connectivity index (χ0n) is 14.0. The van der Waals surface area contributed by atoms with Gasteiger partial charge < -0.3 is 14.6 Å². The minimum atomic E-state index is -0.152. The Kier molecular flexibility index (Phi) is 5.03. The van der Waals surface area contributed by atoms with E-state index in [1.54, 1.807) is 19.4 Å². The largest absolute Gasteiger partial charge is 0.497 e. The first-order valence-electron chi connectivity index (χ1n) is 7.83. The Bertz CT molecular complexity index is 842. The van der Waals surface area contributed by atoms with Gasteiger partial charge in [-0.25, -0.2) is 4.98 Å². The number of nitrogens with one attached hydrogen (secondary N) is 1. The van der Waals surface area contributed by atoms with Crippen molar-refractivity contribution in [2.45, 2.75) is 19.8 Å². The van der Waals surface area contributed by atoms with E-state index in [-0.39, 0.29) is 12.3 Å². The van der Waals surface area contributed by atoms with Crippen LogP contribution >= 0.6 is 0 Å². The van der Waals surface area contributed by atoms with Crippen molar-refractivity contribution in [2.75, 3.05) is 12.4 Å². The molecule has 3 aromatic rings. The van der Waals surface area contributed by atoms with Gasteiger partial charge in [0.25, 0.3) is 0 Å². The minimum absolute atomic E-state index is 0.152. The third-order valence-corrected chi connectivity index (χ3v) is 3.56. The van der Waals surface area contributed by atoms with Crippen LogP contribution in [0.1, 0.15) is 17.9 Å². The van der Waals surface area contributed by atoms with E-state index in [0.717, 1.165) is 16.9 Å². The average Bonchev–Trinajstić information content (AvgIpc) is 3.11. The van der Waals surface area contributed by atoms with Crippen LogP contribution < -0.4 is 10.1 Å². The maximum atomic E-state index is 12.0. The summed E-state index contributed by atoms with van der Waals surface area (Å²) in [6, 6.07) is 11.0. The second-order valence-electron chi connectivity index (χ2n) is 5.51. The number of amides is 1. The molecule has 0 aliphatic carbocycles. The lowest BCUT2D eigenvalue weighted by atomic mass is 10.2. The number of hydrogen-bond acceptors (Lipinski definition) is 6. The molecule has 128 valence electrons. The molecule has 0 saturated carbocycles. The fourth-order valence-corrected chi connectivity index (χ4v) is 2.18. The molecular formula is C18H18N4O3. The van der Waals surface area contributed by atoms with E-state index in [1.165, 1.54) is 0 Å². The summed E-state index contributed by atoms with van der Waals surface area (Å²) < 4.78 is 10.3. The molecule has 3 rings (SSSR count). The van der Waals surface area contributed by atoms with Gasteiger partial charge in [-0.15, -0.1) is 0 Å². The molecule has 0 fully saturated rings. The molecular weight excluding hydrogens is 320 g/mol. The quantitative estimate of drug-likeness (QED) is 0.743. The number of carbonyl (C=O) groups is 1. The van der Waals surface area contributed by atoms with E-state index in [2.05, 4.69) is 20.4 Å². The predicted octanol–water partition coefficient (Wildman–Crippen LogP) is 3.02. The van der Waals surface area contributed by atoms with Crippen LogP contribution in [0.3, 0.4) is 0 Å². The van der Waals surface area contributed by atoms with Crippen LogP contribution in [-0.2, 0) is 11.2 Å². The van der Waals surface area contributed by atoms with Crippen molar-refractivity contribution in [3.63, 3.8) is 0 Å². The molecule has 2 heterocycles. The molecule has 0 saturated heterocycles. The zero-order chi connectivity index (χ0) is 17.6. The molecule has 0 radical (unpaired) electrons. The number of carbonyl (C=O) groups excluding carboxylic acids is 1. The highest BCUT2D eigenvalue weighted by molar-refractivity contribution is 5.89. The van der Waals surface area contributed by atoms with Crippen molar-refractivity contribution >= 4 is 11.7 Å². The Morgan fingerprint density at radius 3 is 2.68 bits per heavy atom. The van der Waals surface area contributed by atoms with Gasteiger partial charge in [0.15, 0.2) is 0 Å². The van der Waals surface area contributed by atoms with Crippen molar-refractivity contribution in [3.05, 3.63) is 54.0 Å². The van der Waals surface area contributed by atoms with Gasteiger partial charge >= 0.3 is 0 Å². The summed E-state index contributed by atoms with van der Waals surface area (Å²) in [6.07, 6.45) is 2.30. The molecule has 7 heteroatoms. The first-order chi connectivity index (χ1) is 12.1. The first kappa shape index (κ1) is 16.6. The first-order valence-corrected chi connectivity index (χ1v) is 7.83. The third kappa shape index (κ3) is 4.41. The van der Waals surface area contributed by atoms with Gasteiger partial charge in [0.1, 0.15) is 11.6 Å². The number of pyridine rings is 1. The van der Waals surface area contributed by atoms with Crippen LogP contribution in [0.25, 0.3) is 11.4 Å². The van der Waals surface area contributed by atoms with E-state index in [4.69, 9.17) is 9.26 Å². The van der Waals surface area contributed by atoms with E-state index < -0.39 is 0 Å². The highest BCUT2D eigenvalue weighted by Gasteiger charge is 2.11. The monoisotopic (exact) mass is 338 g/mol. The van der Waals surface area contributed by atoms with Crippen LogP contribution in [0.15, 0.2) is 47.1 Å². The SMILES string of the molecule is COc1ccc(-c2noc(CCC(=O)Nc3ccc(C)cn3)n2)cc1. The Balaban J connectivity index is 1.55. The van der Waals surface area contributed by atoms with Crippen LogP contribution in [0.5, 0.6) is 5.75 Å². The van der Waals surface area contributed by atoms with Gasteiger partial charge in [-0.05, 0) is 42.8 Å². The van der Waals surface area contributed by atoms with Gasteiger partial charge in [-0.3, -0.25) is 4.79 Å². The highest BCUT2D eigenvalue weighted by Crippen LogP contribution is 2.20. The highest BCUT2D eigenvalue weighted by atomic mass is 16.5. The number of anilines is 1. The summed E-state index contributed by atoms with van der Waals surface area (Å²) in [5.41, 5.74) is 1.86. The Morgan fingerprint density at radius 1 is 1.20 bits per heavy atom. The molecule has 0 aliphatic heterocycles. The van der Waals surface area contributed by atoms with Gasteiger partial charge in [-0.2, -0.15) is 4.98 Å². The van der Waals surface area contributed by atoms with Crippen LogP contribution in [-0.4, -0.2) is 28.1 Å². The number of methoxy groups -OCH3 is 1. The lowest BCUT2D eigenvalue weighted by Crippen LogP contribution is -2.13. The summed E-state index contributed by atoms with van der Waals surface area (Å²) in [5.74, 6) is 2.03. The number of aromatic nitrogens is 3. The molecule has 0 unspecified atom stereocenters. The molecule has 1 N–H and O–H groups in total. The number of hydrogen-bond donors (Lipinski definition) is 1. The second-order valence-corrected chi connectivity index (χ2v) is 5.51. The lowest BCUT2D eigenvalue weighted by molar-refractivity contribution is -0.116. The van der Waals surface area contributed by atoms with Crippen molar-refractivity contribution in [2.24, 2.45) is 0 Å². The summed E-state index contributed by atoms with van der Waals surface area (Å²) >= 11 is 0. The van der Waals surface area contributed by atoms with Crippen LogP contribution in [0.4, 0.5) is 5.82 Å².